The lowest BCUT2D eigenvalue weighted by molar-refractivity contribution is 0.0601. The van der Waals surface area contributed by atoms with Crippen molar-refractivity contribution >= 4 is 17.7 Å². The number of hydrogen-bond acceptors (Lipinski definition) is 6. The Morgan fingerprint density at radius 2 is 1.53 bits per heavy atom. The SMILES string of the molecule is COC(=O)Nc1cc(OC)c(OC)cc1C(=O)OC. The van der Waals surface area contributed by atoms with Crippen LogP contribution in [0.15, 0.2) is 12.1 Å². The van der Waals surface area contributed by atoms with Gasteiger partial charge in [0.25, 0.3) is 0 Å². The highest BCUT2D eigenvalue weighted by Gasteiger charge is 2.19. The number of carbonyl (C=O) groups is 2. The number of esters is 1. The maximum Gasteiger partial charge on any atom is 0.411 e. The van der Waals surface area contributed by atoms with Crippen LogP contribution in [-0.2, 0) is 9.47 Å². The second-order valence-corrected chi connectivity index (χ2v) is 3.36. The van der Waals surface area contributed by atoms with Gasteiger partial charge >= 0.3 is 12.1 Å². The lowest BCUT2D eigenvalue weighted by Crippen LogP contribution is -2.15. The maximum absolute atomic E-state index is 11.7. The fourth-order valence-corrected chi connectivity index (χ4v) is 1.42. The van der Waals surface area contributed by atoms with E-state index < -0.39 is 12.1 Å². The van der Waals surface area contributed by atoms with Crippen LogP contribution in [0.2, 0.25) is 0 Å². The van der Waals surface area contributed by atoms with Crippen LogP contribution in [0.25, 0.3) is 0 Å². The predicted octanol–water partition coefficient (Wildman–Crippen LogP) is 1.67. The second kappa shape index (κ2) is 6.48. The Bertz CT molecular complexity index is 485. The fourth-order valence-electron chi connectivity index (χ4n) is 1.42. The highest BCUT2D eigenvalue weighted by atomic mass is 16.5. The number of nitrogens with one attached hydrogen (secondary N) is 1. The summed E-state index contributed by atoms with van der Waals surface area (Å²) in [5.41, 5.74) is 0.335. The second-order valence-electron chi connectivity index (χ2n) is 3.36. The molecule has 7 heteroatoms. The Hall–Kier alpha value is -2.44. The van der Waals surface area contributed by atoms with Gasteiger partial charge in [-0.15, -0.1) is 0 Å². The first kappa shape index (κ1) is 14.6. The summed E-state index contributed by atoms with van der Waals surface area (Å²) in [7, 11) is 5.33. The molecule has 0 aliphatic rings. The molecule has 0 radical (unpaired) electrons. The Morgan fingerprint density at radius 1 is 0.947 bits per heavy atom. The van der Waals surface area contributed by atoms with Gasteiger partial charge in [0.05, 0.1) is 39.7 Å². The van der Waals surface area contributed by atoms with Crippen molar-refractivity contribution in [1.29, 1.82) is 0 Å². The van der Waals surface area contributed by atoms with E-state index in [-0.39, 0.29) is 11.3 Å². The molecule has 0 atom stereocenters. The summed E-state index contributed by atoms with van der Waals surface area (Å²) in [6.07, 6.45) is -0.711. The van der Waals surface area contributed by atoms with Crippen molar-refractivity contribution in [2.45, 2.75) is 0 Å². The molecule has 1 aromatic carbocycles. The van der Waals surface area contributed by atoms with Crippen molar-refractivity contribution in [3.8, 4) is 11.5 Å². The molecule has 0 spiro atoms. The largest absolute Gasteiger partial charge is 0.493 e. The van der Waals surface area contributed by atoms with Gasteiger partial charge in [-0.1, -0.05) is 0 Å². The molecule has 104 valence electrons. The monoisotopic (exact) mass is 269 g/mol. The summed E-state index contributed by atoms with van der Waals surface area (Å²) in [6.45, 7) is 0. The van der Waals surface area contributed by atoms with E-state index in [1.165, 1.54) is 40.6 Å². The molecule has 0 unspecified atom stereocenters. The molecule has 0 fully saturated rings. The molecule has 0 saturated heterocycles. The maximum atomic E-state index is 11.7. The zero-order chi connectivity index (χ0) is 14.4. The summed E-state index contributed by atoms with van der Waals surface area (Å²) < 4.78 is 19.3. The number of ether oxygens (including phenoxy) is 4. The predicted molar refractivity (Wildman–Crippen MR) is 66.9 cm³/mol. The quantitative estimate of drug-likeness (QED) is 0.837. The number of benzene rings is 1. The van der Waals surface area contributed by atoms with Crippen LogP contribution < -0.4 is 14.8 Å². The molecule has 1 aromatic rings. The van der Waals surface area contributed by atoms with Crippen molar-refractivity contribution in [3.05, 3.63) is 17.7 Å². The number of methoxy groups -OCH3 is 4. The standard InChI is InChI=1S/C12H15NO6/c1-16-9-5-7(11(14)18-3)8(6-10(9)17-2)13-12(15)19-4/h5-6H,1-4H3,(H,13,15). The minimum Gasteiger partial charge on any atom is -0.493 e. The number of amides is 1. The first-order valence-corrected chi connectivity index (χ1v) is 5.26. The number of carbonyl (C=O) groups excluding carboxylic acids is 2. The first-order chi connectivity index (χ1) is 9.07. The smallest absolute Gasteiger partial charge is 0.411 e. The lowest BCUT2D eigenvalue weighted by Gasteiger charge is -2.14. The van der Waals surface area contributed by atoms with Crippen LogP contribution in [0.3, 0.4) is 0 Å². The number of anilines is 1. The molecular formula is C12H15NO6. The van der Waals surface area contributed by atoms with Crippen LogP contribution in [-0.4, -0.2) is 40.5 Å². The van der Waals surface area contributed by atoms with E-state index >= 15 is 0 Å². The Labute approximate surface area is 110 Å². The van der Waals surface area contributed by atoms with Crippen molar-refractivity contribution in [2.75, 3.05) is 33.8 Å². The number of hydrogen-bond donors (Lipinski definition) is 1. The molecular weight excluding hydrogens is 254 g/mol. The highest BCUT2D eigenvalue weighted by Crippen LogP contribution is 2.33. The lowest BCUT2D eigenvalue weighted by atomic mass is 10.1. The van der Waals surface area contributed by atoms with E-state index in [2.05, 4.69) is 14.8 Å². The van der Waals surface area contributed by atoms with Crippen molar-refractivity contribution < 1.29 is 28.5 Å². The van der Waals surface area contributed by atoms with Gasteiger partial charge in [0.1, 0.15) is 0 Å². The fraction of sp³-hybridized carbons (Fsp3) is 0.333. The summed E-state index contributed by atoms with van der Waals surface area (Å²) in [5.74, 6) is 0.0900. The molecule has 0 bridgehead atoms. The van der Waals surface area contributed by atoms with Crippen LogP contribution in [0.5, 0.6) is 11.5 Å². The molecule has 1 rings (SSSR count). The Kier molecular flexibility index (Phi) is 4.99. The molecule has 7 nitrogen and oxygen atoms in total. The van der Waals surface area contributed by atoms with Gasteiger partial charge in [-0.2, -0.15) is 0 Å². The van der Waals surface area contributed by atoms with Crippen molar-refractivity contribution in [2.24, 2.45) is 0 Å². The van der Waals surface area contributed by atoms with Crippen LogP contribution in [0, 0.1) is 0 Å². The first-order valence-electron chi connectivity index (χ1n) is 5.26. The molecule has 19 heavy (non-hydrogen) atoms. The van der Waals surface area contributed by atoms with Gasteiger partial charge in [-0.05, 0) is 0 Å². The summed E-state index contributed by atoms with van der Waals surface area (Å²) >= 11 is 0. The van der Waals surface area contributed by atoms with Crippen molar-refractivity contribution in [3.63, 3.8) is 0 Å². The average molecular weight is 269 g/mol. The van der Waals surface area contributed by atoms with E-state index in [0.29, 0.717) is 11.5 Å². The van der Waals surface area contributed by atoms with Gasteiger partial charge in [-0.25, -0.2) is 9.59 Å². The molecule has 0 aliphatic heterocycles. The highest BCUT2D eigenvalue weighted by molar-refractivity contribution is 6.00. The minimum absolute atomic E-state index is 0.130. The summed E-state index contributed by atoms with van der Waals surface area (Å²) in [6, 6.07) is 2.86. The van der Waals surface area contributed by atoms with Gasteiger partial charge in [-0.3, -0.25) is 5.32 Å². The van der Waals surface area contributed by atoms with Crippen LogP contribution in [0.4, 0.5) is 10.5 Å². The number of rotatable bonds is 4. The molecule has 1 N–H and O–H groups in total. The van der Waals surface area contributed by atoms with E-state index in [1.54, 1.807) is 0 Å². The molecule has 0 aliphatic carbocycles. The van der Waals surface area contributed by atoms with Gasteiger partial charge in [0.2, 0.25) is 0 Å². The molecule has 0 heterocycles. The zero-order valence-electron chi connectivity index (χ0n) is 11.1. The average Bonchev–Trinajstić information content (AvgIpc) is 2.45. The van der Waals surface area contributed by atoms with Crippen LogP contribution >= 0.6 is 0 Å². The molecule has 0 aromatic heterocycles. The Balaban J connectivity index is 3.31. The normalized spacial score (nSPS) is 9.47. The van der Waals surface area contributed by atoms with Gasteiger partial charge < -0.3 is 18.9 Å². The Morgan fingerprint density at radius 3 is 2.00 bits per heavy atom. The zero-order valence-corrected chi connectivity index (χ0v) is 11.1. The van der Waals surface area contributed by atoms with E-state index in [1.807, 2.05) is 0 Å². The third-order valence-corrected chi connectivity index (χ3v) is 2.35. The third-order valence-electron chi connectivity index (χ3n) is 2.35. The minimum atomic E-state index is -0.711. The topological polar surface area (TPSA) is 83.1 Å². The summed E-state index contributed by atoms with van der Waals surface area (Å²) in [4.78, 5) is 22.9. The van der Waals surface area contributed by atoms with Gasteiger partial charge in [0, 0.05) is 12.1 Å². The van der Waals surface area contributed by atoms with Gasteiger partial charge in [0.15, 0.2) is 11.5 Å². The molecule has 1 amide bonds. The molecule has 0 saturated carbocycles. The van der Waals surface area contributed by atoms with E-state index in [4.69, 9.17) is 9.47 Å². The van der Waals surface area contributed by atoms with E-state index in [0.717, 1.165) is 0 Å². The van der Waals surface area contributed by atoms with E-state index in [9.17, 15) is 9.59 Å². The van der Waals surface area contributed by atoms with Crippen LogP contribution in [0.1, 0.15) is 10.4 Å². The van der Waals surface area contributed by atoms with Crippen molar-refractivity contribution in [1.82, 2.24) is 0 Å². The third kappa shape index (κ3) is 3.27. The summed E-state index contributed by atoms with van der Waals surface area (Å²) in [5, 5.41) is 2.40.